The van der Waals surface area contributed by atoms with E-state index in [0.717, 1.165) is 65.6 Å². The minimum absolute atomic E-state index is 0.0717. The van der Waals surface area contributed by atoms with E-state index in [9.17, 15) is 0 Å². The summed E-state index contributed by atoms with van der Waals surface area (Å²) in [5.41, 5.74) is 5.01. The monoisotopic (exact) mass is 444 g/mol. The summed E-state index contributed by atoms with van der Waals surface area (Å²) in [6.07, 6.45) is 8.90. The Balaban J connectivity index is 1.38. The number of ether oxygens (including phenoxy) is 1. The van der Waals surface area contributed by atoms with E-state index in [2.05, 4.69) is 46.6 Å². The van der Waals surface area contributed by atoms with E-state index in [1.54, 1.807) is 0 Å². The van der Waals surface area contributed by atoms with Gasteiger partial charge >= 0.3 is 0 Å². The molecule has 0 saturated heterocycles. The smallest absolute Gasteiger partial charge is 0.129 e. The molecule has 1 unspecified atom stereocenters. The van der Waals surface area contributed by atoms with Crippen molar-refractivity contribution >= 4 is 17.7 Å². The highest BCUT2D eigenvalue weighted by molar-refractivity contribution is 5.86. The van der Waals surface area contributed by atoms with Crippen molar-refractivity contribution in [1.29, 1.82) is 5.41 Å². The Bertz CT molecular complexity index is 1100. The molecule has 3 aromatic rings. The summed E-state index contributed by atoms with van der Waals surface area (Å²) in [5, 5.41) is 14.9. The second-order valence-electron chi connectivity index (χ2n) is 8.56. The van der Waals surface area contributed by atoms with Gasteiger partial charge in [-0.15, -0.1) is 0 Å². The van der Waals surface area contributed by atoms with Gasteiger partial charge < -0.3 is 20.8 Å². The molecular formula is C26H32N6O. The van der Waals surface area contributed by atoms with Gasteiger partial charge in [0.1, 0.15) is 17.4 Å². The lowest BCUT2D eigenvalue weighted by atomic mass is 10.0. The van der Waals surface area contributed by atoms with Gasteiger partial charge in [-0.05, 0) is 62.9 Å². The molecular weight excluding hydrogens is 412 g/mol. The van der Waals surface area contributed by atoms with Crippen LogP contribution in [0.25, 0.3) is 0 Å². The van der Waals surface area contributed by atoms with Crippen LogP contribution in [-0.2, 0) is 12.8 Å². The summed E-state index contributed by atoms with van der Waals surface area (Å²) < 4.78 is 5.99. The maximum absolute atomic E-state index is 7.87. The Labute approximate surface area is 195 Å². The maximum Gasteiger partial charge on any atom is 0.129 e. The number of aromatic nitrogens is 3. The molecule has 4 rings (SSSR count). The highest BCUT2D eigenvalue weighted by Gasteiger charge is 2.16. The van der Waals surface area contributed by atoms with Crippen LogP contribution in [0.4, 0.5) is 11.5 Å². The molecule has 1 aliphatic heterocycles. The van der Waals surface area contributed by atoms with E-state index in [1.165, 1.54) is 11.8 Å². The van der Waals surface area contributed by atoms with Crippen molar-refractivity contribution in [2.45, 2.75) is 58.5 Å². The third-order valence-electron chi connectivity index (χ3n) is 6.01. The average molecular weight is 445 g/mol. The Kier molecular flexibility index (Phi) is 7.17. The number of benzene rings is 1. The zero-order valence-electron chi connectivity index (χ0n) is 19.6. The standard InChI is InChI=1S/C26H32N6O/c1-4-24(21-15-28-18(3)29-16-21)32-25-10-9-23(13-20(25)14-27)33-12-11-22-8-7-19-6-5-17(2)30-26(19)31-22/h7-10,13-17,24,27,32H,4-6,11-12H2,1-3H3,(H,30,31)/t17-,24?/m0/s1. The van der Waals surface area contributed by atoms with Gasteiger partial charge in [-0.25, -0.2) is 15.0 Å². The molecule has 3 heterocycles. The van der Waals surface area contributed by atoms with Gasteiger partial charge in [0, 0.05) is 53.6 Å². The second kappa shape index (κ2) is 10.4. The van der Waals surface area contributed by atoms with Crippen molar-refractivity contribution in [1.82, 2.24) is 15.0 Å². The van der Waals surface area contributed by atoms with Gasteiger partial charge in [-0.1, -0.05) is 13.0 Å². The number of fused-ring (bicyclic) bond motifs is 1. The summed E-state index contributed by atoms with van der Waals surface area (Å²) in [6.45, 7) is 6.72. The molecule has 0 bridgehead atoms. The van der Waals surface area contributed by atoms with Crippen molar-refractivity contribution in [3.05, 3.63) is 70.9 Å². The van der Waals surface area contributed by atoms with Crippen LogP contribution in [0, 0.1) is 12.3 Å². The van der Waals surface area contributed by atoms with Gasteiger partial charge in [-0.3, -0.25) is 0 Å². The van der Waals surface area contributed by atoms with E-state index in [1.807, 2.05) is 37.5 Å². The molecule has 1 aromatic carbocycles. The van der Waals surface area contributed by atoms with Crippen LogP contribution in [0.5, 0.6) is 5.75 Å². The molecule has 7 heteroatoms. The van der Waals surface area contributed by atoms with Crippen molar-refractivity contribution < 1.29 is 4.74 Å². The third kappa shape index (κ3) is 5.66. The van der Waals surface area contributed by atoms with Crippen LogP contribution >= 0.6 is 0 Å². The van der Waals surface area contributed by atoms with E-state index < -0.39 is 0 Å². The third-order valence-corrected chi connectivity index (χ3v) is 6.01. The van der Waals surface area contributed by atoms with Crippen LogP contribution in [-0.4, -0.2) is 33.8 Å². The first-order valence-corrected chi connectivity index (χ1v) is 11.6. The molecule has 7 nitrogen and oxygen atoms in total. The normalized spacial score (nSPS) is 15.8. The lowest BCUT2D eigenvalue weighted by molar-refractivity contribution is 0.320. The van der Waals surface area contributed by atoms with E-state index >= 15 is 0 Å². The maximum atomic E-state index is 7.87. The fourth-order valence-electron chi connectivity index (χ4n) is 4.02. The summed E-state index contributed by atoms with van der Waals surface area (Å²) in [7, 11) is 0. The highest BCUT2D eigenvalue weighted by atomic mass is 16.5. The van der Waals surface area contributed by atoms with Gasteiger partial charge in [0.15, 0.2) is 0 Å². The fraction of sp³-hybridized carbons (Fsp3) is 0.385. The Hall–Kier alpha value is -3.48. The van der Waals surface area contributed by atoms with Crippen molar-refractivity contribution in [3.63, 3.8) is 0 Å². The average Bonchev–Trinajstić information content (AvgIpc) is 2.83. The molecule has 0 saturated carbocycles. The van der Waals surface area contributed by atoms with Crippen LogP contribution < -0.4 is 15.4 Å². The second-order valence-corrected chi connectivity index (χ2v) is 8.56. The molecule has 0 spiro atoms. The molecule has 0 amide bonds. The molecule has 2 atom stereocenters. The van der Waals surface area contributed by atoms with Crippen molar-refractivity contribution in [3.8, 4) is 5.75 Å². The Morgan fingerprint density at radius 1 is 1.24 bits per heavy atom. The number of hydrogen-bond acceptors (Lipinski definition) is 7. The summed E-state index contributed by atoms with van der Waals surface area (Å²) >= 11 is 0. The number of aryl methyl sites for hydroxylation is 2. The number of pyridine rings is 1. The van der Waals surface area contributed by atoms with Crippen molar-refractivity contribution in [2.75, 3.05) is 17.2 Å². The number of anilines is 2. The molecule has 0 radical (unpaired) electrons. The van der Waals surface area contributed by atoms with Crippen LogP contribution in [0.3, 0.4) is 0 Å². The van der Waals surface area contributed by atoms with Crippen molar-refractivity contribution in [2.24, 2.45) is 0 Å². The first-order chi connectivity index (χ1) is 16.1. The summed E-state index contributed by atoms with van der Waals surface area (Å²) in [6, 6.07) is 10.6. The van der Waals surface area contributed by atoms with Crippen LogP contribution in [0.2, 0.25) is 0 Å². The molecule has 2 aromatic heterocycles. The molecule has 172 valence electrons. The van der Waals surface area contributed by atoms with E-state index in [0.29, 0.717) is 12.6 Å². The Morgan fingerprint density at radius 3 is 2.82 bits per heavy atom. The molecule has 3 N–H and O–H groups in total. The number of nitrogens with zero attached hydrogens (tertiary/aromatic N) is 3. The zero-order valence-corrected chi connectivity index (χ0v) is 19.6. The fourth-order valence-corrected chi connectivity index (χ4v) is 4.02. The van der Waals surface area contributed by atoms with Crippen LogP contribution in [0.15, 0.2) is 42.7 Å². The minimum atomic E-state index is 0.0717. The lowest BCUT2D eigenvalue weighted by Gasteiger charge is -2.23. The highest BCUT2D eigenvalue weighted by Crippen LogP contribution is 2.27. The number of rotatable bonds is 9. The molecule has 1 aliphatic rings. The molecule has 0 aliphatic carbocycles. The van der Waals surface area contributed by atoms with Crippen LogP contribution in [0.1, 0.15) is 60.9 Å². The van der Waals surface area contributed by atoms with E-state index in [-0.39, 0.29) is 6.04 Å². The zero-order chi connectivity index (χ0) is 23.2. The summed E-state index contributed by atoms with van der Waals surface area (Å²) in [5.74, 6) is 2.51. The first-order valence-electron chi connectivity index (χ1n) is 11.6. The van der Waals surface area contributed by atoms with Gasteiger partial charge in [-0.2, -0.15) is 0 Å². The Morgan fingerprint density at radius 2 is 2.06 bits per heavy atom. The SMILES string of the molecule is CCC(Nc1ccc(OCCc2ccc3c(n2)N[C@@H](C)CC3)cc1C=N)c1cnc(C)nc1. The topological polar surface area (TPSA) is 95.8 Å². The molecule has 0 fully saturated rings. The minimum Gasteiger partial charge on any atom is -0.493 e. The largest absolute Gasteiger partial charge is 0.493 e. The predicted molar refractivity (Wildman–Crippen MR) is 133 cm³/mol. The predicted octanol–water partition coefficient (Wildman–Crippen LogP) is 5.11. The summed E-state index contributed by atoms with van der Waals surface area (Å²) in [4.78, 5) is 13.4. The van der Waals surface area contributed by atoms with E-state index in [4.69, 9.17) is 15.1 Å². The first kappa shape index (κ1) is 22.7. The van der Waals surface area contributed by atoms with Gasteiger partial charge in [0.2, 0.25) is 0 Å². The van der Waals surface area contributed by atoms with Gasteiger partial charge in [0.25, 0.3) is 0 Å². The molecule has 33 heavy (non-hydrogen) atoms. The quantitative estimate of drug-likeness (QED) is 0.397. The number of nitrogens with one attached hydrogen (secondary N) is 3. The van der Waals surface area contributed by atoms with Gasteiger partial charge in [0.05, 0.1) is 12.6 Å². The lowest BCUT2D eigenvalue weighted by Crippen LogP contribution is -2.23. The number of hydrogen-bond donors (Lipinski definition) is 3.